The number of carbonyl (C=O) groups excluding carboxylic acids is 1. The number of benzene rings is 1. The third-order valence-corrected chi connectivity index (χ3v) is 5.69. The van der Waals surface area contributed by atoms with Crippen LogP contribution < -0.4 is 10.6 Å². The van der Waals surface area contributed by atoms with Gasteiger partial charge in [-0.1, -0.05) is 0 Å². The van der Waals surface area contributed by atoms with Crippen molar-refractivity contribution in [3.63, 3.8) is 0 Å². The fourth-order valence-electron chi connectivity index (χ4n) is 3.31. The van der Waals surface area contributed by atoms with Crippen molar-refractivity contribution >= 4 is 50.0 Å². The summed E-state index contributed by atoms with van der Waals surface area (Å²) in [5.41, 5.74) is 3.06. The second kappa shape index (κ2) is 7.73. The van der Waals surface area contributed by atoms with E-state index in [0.717, 1.165) is 38.4 Å². The number of nitrogens with one attached hydrogen (secondary N) is 3. The van der Waals surface area contributed by atoms with Crippen LogP contribution in [0.2, 0.25) is 0 Å². The lowest BCUT2D eigenvalue weighted by atomic mass is 10.2. The van der Waals surface area contributed by atoms with Crippen LogP contribution in [0.1, 0.15) is 20.9 Å². The molecule has 5 aromatic rings. The van der Waals surface area contributed by atoms with Crippen LogP contribution in [0.5, 0.6) is 0 Å². The minimum absolute atomic E-state index is 0.104. The number of nitrogens with zero attached hydrogens (tertiary/aromatic N) is 4. The van der Waals surface area contributed by atoms with E-state index in [1.54, 1.807) is 35.9 Å². The number of thiazole rings is 1. The van der Waals surface area contributed by atoms with E-state index in [1.807, 2.05) is 19.1 Å². The zero-order valence-electron chi connectivity index (χ0n) is 16.3. The Kier molecular flexibility index (Phi) is 4.75. The number of aryl methyl sites for hydroxylation is 1. The minimum Gasteiger partial charge on any atom is -0.365 e. The minimum atomic E-state index is -0.595. The Balaban J connectivity index is 1.39. The summed E-state index contributed by atoms with van der Waals surface area (Å²) in [6.07, 6.45) is 4.42. The number of anilines is 2. The summed E-state index contributed by atoms with van der Waals surface area (Å²) >= 11 is 1.58. The van der Waals surface area contributed by atoms with Crippen LogP contribution in [-0.2, 0) is 6.54 Å². The number of aromatic amines is 1. The van der Waals surface area contributed by atoms with Gasteiger partial charge in [-0.05, 0) is 42.8 Å². The molecule has 1 amide bonds. The van der Waals surface area contributed by atoms with Crippen molar-refractivity contribution in [3.8, 4) is 0 Å². The summed E-state index contributed by atoms with van der Waals surface area (Å²) in [7, 11) is 0. The molecule has 0 radical (unpaired) electrons. The Bertz CT molecular complexity index is 1430. The molecular formula is C21H16FN7OS. The first-order chi connectivity index (χ1) is 15.1. The van der Waals surface area contributed by atoms with Crippen LogP contribution in [0.25, 0.3) is 21.3 Å². The highest BCUT2D eigenvalue weighted by Gasteiger charge is 2.16. The van der Waals surface area contributed by atoms with E-state index in [0.29, 0.717) is 17.9 Å². The van der Waals surface area contributed by atoms with Crippen LogP contribution in [0.15, 0.2) is 48.9 Å². The van der Waals surface area contributed by atoms with Gasteiger partial charge >= 0.3 is 0 Å². The van der Waals surface area contributed by atoms with Gasteiger partial charge in [0, 0.05) is 23.8 Å². The number of amides is 1. The molecule has 5 rings (SSSR count). The Hall–Kier alpha value is -3.92. The monoisotopic (exact) mass is 433 g/mol. The van der Waals surface area contributed by atoms with Crippen molar-refractivity contribution in [1.29, 1.82) is 0 Å². The fourth-order valence-corrected chi connectivity index (χ4v) is 4.12. The molecule has 1 aromatic carbocycles. The van der Waals surface area contributed by atoms with Crippen LogP contribution in [0.3, 0.4) is 0 Å². The van der Waals surface area contributed by atoms with Gasteiger partial charge in [0.15, 0.2) is 5.65 Å². The first-order valence-electron chi connectivity index (χ1n) is 9.42. The summed E-state index contributed by atoms with van der Waals surface area (Å²) < 4.78 is 14.9. The lowest BCUT2D eigenvalue weighted by molar-refractivity contribution is 0.102. The quantitative estimate of drug-likeness (QED) is 0.382. The fraction of sp³-hybridized carbons (Fsp3) is 0.0952. The van der Waals surface area contributed by atoms with Crippen molar-refractivity contribution in [2.75, 3.05) is 10.6 Å². The molecule has 154 valence electrons. The number of aromatic nitrogens is 5. The van der Waals surface area contributed by atoms with Crippen LogP contribution in [0, 0.1) is 12.7 Å². The molecule has 0 bridgehead atoms. The molecular weight excluding hydrogens is 417 g/mol. The highest BCUT2D eigenvalue weighted by atomic mass is 32.1. The van der Waals surface area contributed by atoms with Crippen molar-refractivity contribution in [3.05, 3.63) is 70.9 Å². The second-order valence-corrected chi connectivity index (χ2v) is 8.11. The number of halogens is 1. The van der Waals surface area contributed by atoms with E-state index < -0.39 is 11.7 Å². The molecule has 0 saturated heterocycles. The predicted molar refractivity (Wildman–Crippen MR) is 118 cm³/mol. The number of hydrogen-bond donors (Lipinski definition) is 3. The van der Waals surface area contributed by atoms with Crippen LogP contribution >= 0.6 is 11.3 Å². The van der Waals surface area contributed by atoms with Crippen molar-refractivity contribution < 1.29 is 9.18 Å². The maximum Gasteiger partial charge on any atom is 0.259 e. The lowest BCUT2D eigenvalue weighted by Crippen LogP contribution is -2.16. The summed E-state index contributed by atoms with van der Waals surface area (Å²) in [6.45, 7) is 2.29. The number of hydrogen-bond acceptors (Lipinski definition) is 7. The summed E-state index contributed by atoms with van der Waals surface area (Å²) in [5, 5.41) is 14.5. The smallest absolute Gasteiger partial charge is 0.259 e. The maximum absolute atomic E-state index is 13.9. The molecule has 0 unspecified atom stereocenters. The largest absolute Gasteiger partial charge is 0.365 e. The molecule has 10 heteroatoms. The zero-order valence-corrected chi connectivity index (χ0v) is 17.1. The van der Waals surface area contributed by atoms with Crippen molar-refractivity contribution in [2.24, 2.45) is 0 Å². The summed E-state index contributed by atoms with van der Waals surface area (Å²) in [6, 6.07) is 8.50. The summed E-state index contributed by atoms with van der Waals surface area (Å²) in [5.74, 6) is -0.788. The van der Waals surface area contributed by atoms with Gasteiger partial charge in [0.05, 0.1) is 33.2 Å². The number of H-pyrrole nitrogens is 1. The average molecular weight is 433 g/mol. The van der Waals surface area contributed by atoms with E-state index in [1.165, 1.54) is 0 Å². The first kappa shape index (κ1) is 19.1. The highest BCUT2D eigenvalue weighted by Crippen LogP contribution is 2.25. The molecule has 8 nitrogen and oxygen atoms in total. The molecule has 4 heterocycles. The Labute approximate surface area is 179 Å². The van der Waals surface area contributed by atoms with Gasteiger partial charge in [-0.3, -0.25) is 9.89 Å². The van der Waals surface area contributed by atoms with Crippen LogP contribution in [0.4, 0.5) is 15.9 Å². The molecule has 0 aliphatic heterocycles. The SMILES string of the molecule is Cc1nc2cc(NC(=O)c3cc(F)cnc3NCc3ccnc4[nH]ncc34)ccc2s1. The number of carbonyl (C=O) groups is 1. The van der Waals surface area contributed by atoms with Gasteiger partial charge in [-0.25, -0.2) is 19.3 Å². The van der Waals surface area contributed by atoms with Gasteiger partial charge < -0.3 is 10.6 Å². The molecule has 4 aromatic heterocycles. The molecule has 0 aliphatic carbocycles. The van der Waals surface area contributed by atoms with E-state index in [9.17, 15) is 9.18 Å². The third kappa shape index (κ3) is 3.80. The maximum atomic E-state index is 13.9. The number of fused-ring (bicyclic) bond motifs is 2. The zero-order chi connectivity index (χ0) is 21.4. The molecule has 0 spiro atoms. The van der Waals surface area contributed by atoms with Gasteiger partial charge in [-0.2, -0.15) is 5.10 Å². The van der Waals surface area contributed by atoms with Crippen LogP contribution in [-0.4, -0.2) is 31.1 Å². The Morgan fingerprint density at radius 3 is 3.00 bits per heavy atom. The molecule has 0 atom stereocenters. The van der Waals surface area contributed by atoms with Crippen molar-refractivity contribution in [2.45, 2.75) is 13.5 Å². The Morgan fingerprint density at radius 2 is 2.10 bits per heavy atom. The third-order valence-electron chi connectivity index (χ3n) is 4.74. The van der Waals surface area contributed by atoms with Crippen molar-refractivity contribution in [1.82, 2.24) is 25.1 Å². The van der Waals surface area contributed by atoms with E-state index in [4.69, 9.17) is 0 Å². The first-order valence-corrected chi connectivity index (χ1v) is 10.2. The molecule has 0 aliphatic rings. The van der Waals surface area contributed by atoms with E-state index in [2.05, 4.69) is 35.8 Å². The van der Waals surface area contributed by atoms with Gasteiger partial charge in [0.2, 0.25) is 0 Å². The van der Waals surface area contributed by atoms with Gasteiger partial charge in [-0.15, -0.1) is 11.3 Å². The van der Waals surface area contributed by atoms with E-state index in [-0.39, 0.29) is 11.4 Å². The second-order valence-electron chi connectivity index (χ2n) is 6.88. The van der Waals surface area contributed by atoms with Gasteiger partial charge in [0.25, 0.3) is 5.91 Å². The van der Waals surface area contributed by atoms with E-state index >= 15 is 0 Å². The normalized spacial score (nSPS) is 11.2. The molecule has 31 heavy (non-hydrogen) atoms. The standard InChI is InChI=1S/C21H16FN7OS/c1-11-27-17-7-14(2-3-18(17)31-11)28-21(30)15-6-13(22)9-25-19(15)24-8-12-4-5-23-20-16(12)10-26-29-20/h2-7,9-10H,8H2,1H3,(H,24,25)(H,28,30)(H,23,26,29). The molecule has 0 saturated carbocycles. The Morgan fingerprint density at radius 1 is 1.19 bits per heavy atom. The predicted octanol–water partition coefficient (Wildman–Crippen LogP) is 4.27. The lowest BCUT2D eigenvalue weighted by Gasteiger charge is -2.12. The topological polar surface area (TPSA) is 108 Å². The van der Waals surface area contributed by atoms with Gasteiger partial charge in [0.1, 0.15) is 11.6 Å². The number of pyridine rings is 2. The molecule has 0 fully saturated rings. The summed E-state index contributed by atoms with van der Waals surface area (Å²) in [4.78, 5) is 25.6. The molecule has 3 N–H and O–H groups in total. The average Bonchev–Trinajstić information content (AvgIpc) is 3.38. The highest BCUT2D eigenvalue weighted by molar-refractivity contribution is 7.18. The number of rotatable bonds is 5.